The third-order valence-electron chi connectivity index (χ3n) is 7.46. The molecule has 41 heavy (non-hydrogen) atoms. The lowest BCUT2D eigenvalue weighted by atomic mass is 9.94. The van der Waals surface area contributed by atoms with E-state index in [0.717, 1.165) is 65.4 Å². The summed E-state index contributed by atoms with van der Waals surface area (Å²) in [6.45, 7) is 1.38. The first-order valence-corrected chi connectivity index (χ1v) is 15.9. The number of carbonyl (C=O) groups is 2. The van der Waals surface area contributed by atoms with Crippen molar-refractivity contribution in [1.29, 1.82) is 0 Å². The summed E-state index contributed by atoms with van der Waals surface area (Å²) in [7, 11) is -4.03. The fourth-order valence-corrected chi connectivity index (χ4v) is 6.20. The molecule has 9 heteroatoms. The zero-order chi connectivity index (χ0) is 29.4. The average Bonchev–Trinajstić information content (AvgIpc) is 2.94. The van der Waals surface area contributed by atoms with Gasteiger partial charge in [0, 0.05) is 19.0 Å². The number of nitrogens with one attached hydrogen (secondary N) is 1. The molecule has 1 atom stereocenters. The van der Waals surface area contributed by atoms with Gasteiger partial charge in [-0.1, -0.05) is 91.6 Å². The number of rotatable bonds is 11. The van der Waals surface area contributed by atoms with Gasteiger partial charge in [0.15, 0.2) is 0 Å². The molecule has 1 aliphatic rings. The Morgan fingerprint density at radius 3 is 2.24 bits per heavy atom. The van der Waals surface area contributed by atoms with Crippen molar-refractivity contribution >= 4 is 27.5 Å². The molecule has 0 radical (unpaired) electrons. The molecule has 3 aromatic rings. The highest BCUT2D eigenvalue weighted by Gasteiger charge is 2.34. The van der Waals surface area contributed by atoms with Crippen molar-refractivity contribution < 1.29 is 22.4 Å². The van der Waals surface area contributed by atoms with E-state index >= 15 is 0 Å². The van der Waals surface area contributed by atoms with E-state index in [1.54, 1.807) is 0 Å². The lowest BCUT2D eigenvalue weighted by molar-refractivity contribution is -0.140. The van der Waals surface area contributed by atoms with Crippen LogP contribution >= 0.6 is 0 Å². The molecule has 0 heterocycles. The minimum Gasteiger partial charge on any atom is -0.352 e. The van der Waals surface area contributed by atoms with Crippen LogP contribution in [-0.2, 0) is 32.6 Å². The Kier molecular flexibility index (Phi) is 10.2. The molecule has 3 aromatic carbocycles. The quantitative estimate of drug-likeness (QED) is 0.347. The third kappa shape index (κ3) is 8.39. The minimum atomic E-state index is -4.03. The first-order chi connectivity index (χ1) is 19.6. The van der Waals surface area contributed by atoms with Crippen LogP contribution in [0.4, 0.5) is 10.1 Å². The Labute approximate surface area is 242 Å². The van der Waals surface area contributed by atoms with Crippen LogP contribution in [0.1, 0.15) is 48.8 Å². The van der Waals surface area contributed by atoms with E-state index in [1.807, 2.05) is 61.5 Å². The molecule has 4 rings (SSSR count). The highest BCUT2D eigenvalue weighted by molar-refractivity contribution is 7.92. The number of benzene rings is 3. The molecule has 0 unspecified atom stereocenters. The normalized spacial score (nSPS) is 14.7. The average molecular weight is 580 g/mol. The molecule has 0 spiro atoms. The van der Waals surface area contributed by atoms with Gasteiger partial charge < -0.3 is 10.2 Å². The van der Waals surface area contributed by atoms with Crippen molar-refractivity contribution in [3.63, 3.8) is 0 Å². The maximum absolute atomic E-state index is 14.8. The summed E-state index contributed by atoms with van der Waals surface area (Å²) in [6.07, 6.45) is 6.15. The highest BCUT2D eigenvalue weighted by Crippen LogP contribution is 2.24. The zero-order valence-corrected chi connectivity index (χ0v) is 24.4. The van der Waals surface area contributed by atoms with Crippen LogP contribution in [0.5, 0.6) is 0 Å². The third-order valence-corrected chi connectivity index (χ3v) is 8.58. The number of hydrogen-bond acceptors (Lipinski definition) is 4. The Balaban J connectivity index is 1.73. The first-order valence-electron chi connectivity index (χ1n) is 14.0. The zero-order valence-electron chi connectivity index (χ0n) is 23.6. The first kappa shape index (κ1) is 30.2. The van der Waals surface area contributed by atoms with Crippen molar-refractivity contribution in [2.75, 3.05) is 17.1 Å². The Morgan fingerprint density at radius 2 is 1.59 bits per heavy atom. The predicted molar refractivity (Wildman–Crippen MR) is 159 cm³/mol. The molecular weight excluding hydrogens is 541 g/mol. The number of hydrogen-bond donors (Lipinski definition) is 1. The van der Waals surface area contributed by atoms with Crippen LogP contribution in [0.25, 0.3) is 0 Å². The summed E-state index contributed by atoms with van der Waals surface area (Å²) >= 11 is 0. The van der Waals surface area contributed by atoms with Gasteiger partial charge >= 0.3 is 0 Å². The van der Waals surface area contributed by atoms with Crippen LogP contribution in [0.3, 0.4) is 0 Å². The number of carbonyl (C=O) groups excluding carboxylic acids is 2. The van der Waals surface area contributed by atoms with E-state index in [-0.39, 0.29) is 30.6 Å². The van der Waals surface area contributed by atoms with Crippen molar-refractivity contribution in [2.45, 2.75) is 64.1 Å². The summed E-state index contributed by atoms with van der Waals surface area (Å²) < 4.78 is 41.1. The molecule has 0 saturated heterocycles. The van der Waals surface area contributed by atoms with Gasteiger partial charge in [0.05, 0.1) is 11.9 Å². The molecule has 0 bridgehead atoms. The largest absolute Gasteiger partial charge is 0.352 e. The Hall–Kier alpha value is -3.72. The van der Waals surface area contributed by atoms with Gasteiger partial charge in [-0.15, -0.1) is 0 Å². The van der Waals surface area contributed by atoms with E-state index in [1.165, 1.54) is 23.1 Å². The predicted octanol–water partition coefficient (Wildman–Crippen LogP) is 4.99. The monoisotopic (exact) mass is 579 g/mol. The standard InChI is InChI=1S/C32H38FN3O4S/c1-24-12-11-15-26(20-24)22-35(31(37)23-36(41(2,39)40)29-19-10-9-18-28(29)33)30(21-25-13-5-3-6-14-25)32(38)34-27-16-7-4-8-17-27/h3,5-6,9-15,18-20,27,30H,4,7-8,16-17,21-23H2,1-2H3,(H,34,38)/t30-/m0/s1. The summed E-state index contributed by atoms with van der Waals surface area (Å²) in [5.41, 5.74) is 2.45. The van der Waals surface area contributed by atoms with Crippen LogP contribution in [-0.4, -0.2) is 50.0 Å². The molecule has 7 nitrogen and oxygen atoms in total. The summed E-state index contributed by atoms with van der Waals surface area (Å²) in [5, 5.41) is 3.17. The smallest absolute Gasteiger partial charge is 0.244 e. The van der Waals surface area contributed by atoms with E-state index < -0.39 is 34.3 Å². The lowest BCUT2D eigenvalue weighted by Gasteiger charge is -2.35. The fraction of sp³-hybridized carbons (Fsp3) is 0.375. The highest BCUT2D eigenvalue weighted by atomic mass is 32.2. The van der Waals surface area contributed by atoms with Crippen LogP contribution in [0.15, 0.2) is 78.9 Å². The van der Waals surface area contributed by atoms with Crippen molar-refractivity contribution in [1.82, 2.24) is 10.2 Å². The van der Waals surface area contributed by atoms with Crippen LogP contribution in [0.2, 0.25) is 0 Å². The number of para-hydroxylation sites is 1. The molecular formula is C32H38FN3O4S. The van der Waals surface area contributed by atoms with E-state index in [2.05, 4.69) is 5.32 Å². The van der Waals surface area contributed by atoms with Crippen LogP contribution < -0.4 is 9.62 Å². The molecule has 1 fully saturated rings. The SMILES string of the molecule is Cc1cccc(CN(C(=O)CN(c2ccccc2F)S(C)(=O)=O)[C@@H](Cc2ccccc2)C(=O)NC2CCCCC2)c1. The second-order valence-corrected chi connectivity index (χ2v) is 12.7. The molecule has 1 aliphatic carbocycles. The molecule has 0 aliphatic heterocycles. The van der Waals surface area contributed by atoms with Gasteiger partial charge in [0.25, 0.3) is 0 Å². The Morgan fingerprint density at radius 1 is 0.927 bits per heavy atom. The maximum Gasteiger partial charge on any atom is 0.244 e. The number of sulfonamides is 1. The second kappa shape index (κ2) is 13.8. The van der Waals surface area contributed by atoms with Crippen molar-refractivity contribution in [3.05, 3.63) is 101 Å². The molecule has 1 N–H and O–H groups in total. The summed E-state index contributed by atoms with van der Waals surface area (Å²) in [5.74, 6) is -1.63. The van der Waals surface area contributed by atoms with Gasteiger partial charge in [0.1, 0.15) is 18.4 Å². The molecule has 2 amide bonds. The van der Waals surface area contributed by atoms with Crippen molar-refractivity contribution in [2.24, 2.45) is 0 Å². The van der Waals surface area contributed by atoms with Gasteiger partial charge in [-0.2, -0.15) is 0 Å². The number of halogens is 1. The number of nitrogens with zero attached hydrogens (tertiary/aromatic N) is 2. The van der Waals surface area contributed by atoms with E-state index in [0.29, 0.717) is 0 Å². The summed E-state index contributed by atoms with van der Waals surface area (Å²) in [6, 6.07) is 21.6. The fourth-order valence-electron chi connectivity index (χ4n) is 5.35. The minimum absolute atomic E-state index is 0.0244. The topological polar surface area (TPSA) is 86.8 Å². The lowest BCUT2D eigenvalue weighted by Crippen LogP contribution is -2.55. The van der Waals surface area contributed by atoms with Gasteiger partial charge in [-0.25, -0.2) is 12.8 Å². The van der Waals surface area contributed by atoms with Gasteiger partial charge in [-0.3, -0.25) is 13.9 Å². The number of aryl methyl sites for hydroxylation is 1. The second-order valence-electron chi connectivity index (χ2n) is 10.8. The van der Waals surface area contributed by atoms with Gasteiger partial charge in [-0.05, 0) is 43.0 Å². The maximum atomic E-state index is 14.8. The van der Waals surface area contributed by atoms with Crippen molar-refractivity contribution in [3.8, 4) is 0 Å². The summed E-state index contributed by atoms with van der Waals surface area (Å²) in [4.78, 5) is 29.5. The molecule has 218 valence electrons. The number of amides is 2. The molecule has 0 aromatic heterocycles. The van der Waals surface area contributed by atoms with Gasteiger partial charge in [0.2, 0.25) is 21.8 Å². The Bertz CT molecular complexity index is 1440. The van der Waals surface area contributed by atoms with E-state index in [4.69, 9.17) is 0 Å². The van der Waals surface area contributed by atoms with Crippen LogP contribution in [0, 0.1) is 12.7 Å². The van der Waals surface area contributed by atoms with E-state index in [9.17, 15) is 22.4 Å². The number of anilines is 1. The molecule has 1 saturated carbocycles.